The van der Waals surface area contributed by atoms with Gasteiger partial charge in [-0.1, -0.05) is 26.0 Å². The van der Waals surface area contributed by atoms with E-state index in [0.717, 1.165) is 12.1 Å². The van der Waals surface area contributed by atoms with Gasteiger partial charge >= 0.3 is 0 Å². The van der Waals surface area contributed by atoms with Crippen LogP contribution in [0.15, 0.2) is 37.1 Å². The van der Waals surface area contributed by atoms with Gasteiger partial charge in [-0.15, -0.1) is 6.58 Å². The van der Waals surface area contributed by atoms with Crippen LogP contribution in [0.2, 0.25) is 0 Å². The quantitative estimate of drug-likeness (QED) is 0.746. The van der Waals surface area contributed by atoms with Crippen molar-refractivity contribution in [2.75, 3.05) is 6.61 Å². The van der Waals surface area contributed by atoms with E-state index in [1.54, 1.807) is 6.20 Å². The number of hydrogen-bond donors (Lipinski definition) is 1. The van der Waals surface area contributed by atoms with Crippen molar-refractivity contribution < 1.29 is 5.11 Å². The van der Waals surface area contributed by atoms with E-state index in [1.807, 2.05) is 24.3 Å². The normalized spacial score (nSPS) is 14.8. The Bertz CT molecular complexity index is 308. The van der Waals surface area contributed by atoms with Crippen molar-refractivity contribution in [2.45, 2.75) is 26.2 Å². The molecule has 1 aromatic heterocycles. The SMILES string of the molecule is C=CC[C@H](c1ccccn1)[C@@H](CO)C(C)C. The van der Waals surface area contributed by atoms with E-state index in [0.29, 0.717) is 5.92 Å². The van der Waals surface area contributed by atoms with Gasteiger partial charge in [-0.05, 0) is 30.4 Å². The van der Waals surface area contributed by atoms with Crippen molar-refractivity contribution in [3.8, 4) is 0 Å². The van der Waals surface area contributed by atoms with Gasteiger partial charge in [0, 0.05) is 24.4 Å². The second-order valence-electron chi connectivity index (χ2n) is 4.48. The molecule has 2 nitrogen and oxygen atoms in total. The molecule has 0 amide bonds. The van der Waals surface area contributed by atoms with E-state index in [2.05, 4.69) is 25.4 Å². The highest BCUT2D eigenvalue weighted by atomic mass is 16.3. The molecular formula is C14H21NO. The summed E-state index contributed by atoms with van der Waals surface area (Å²) in [5, 5.41) is 9.49. The molecule has 0 saturated heterocycles. The number of allylic oxidation sites excluding steroid dienone is 1. The zero-order chi connectivity index (χ0) is 12.0. The molecule has 1 heterocycles. The molecule has 2 heteroatoms. The molecule has 1 aromatic rings. The fourth-order valence-electron chi connectivity index (χ4n) is 2.09. The van der Waals surface area contributed by atoms with Crippen LogP contribution < -0.4 is 0 Å². The molecule has 0 saturated carbocycles. The van der Waals surface area contributed by atoms with Crippen LogP contribution in [0.1, 0.15) is 31.9 Å². The molecule has 0 spiro atoms. The Balaban J connectivity index is 2.93. The smallest absolute Gasteiger partial charge is 0.0468 e. The molecule has 0 unspecified atom stereocenters. The summed E-state index contributed by atoms with van der Waals surface area (Å²) in [6.07, 6.45) is 4.57. The van der Waals surface area contributed by atoms with Gasteiger partial charge in [0.1, 0.15) is 0 Å². The minimum Gasteiger partial charge on any atom is -0.396 e. The molecule has 2 atom stereocenters. The van der Waals surface area contributed by atoms with Crippen molar-refractivity contribution >= 4 is 0 Å². The second-order valence-corrected chi connectivity index (χ2v) is 4.48. The predicted octanol–water partition coefficient (Wildman–Crippen LogP) is 3.01. The number of hydrogen-bond acceptors (Lipinski definition) is 2. The summed E-state index contributed by atoms with van der Waals surface area (Å²) in [5.74, 6) is 0.952. The molecule has 0 aliphatic heterocycles. The van der Waals surface area contributed by atoms with Crippen molar-refractivity contribution in [1.29, 1.82) is 0 Å². The Morgan fingerprint density at radius 1 is 1.44 bits per heavy atom. The van der Waals surface area contributed by atoms with Crippen molar-refractivity contribution in [2.24, 2.45) is 11.8 Å². The Kier molecular flexibility index (Phi) is 5.20. The molecular weight excluding hydrogens is 198 g/mol. The van der Waals surface area contributed by atoms with Crippen LogP contribution in [0.5, 0.6) is 0 Å². The van der Waals surface area contributed by atoms with E-state index in [-0.39, 0.29) is 18.4 Å². The summed E-state index contributed by atoms with van der Waals surface area (Å²) in [6, 6.07) is 5.93. The fourth-order valence-corrected chi connectivity index (χ4v) is 2.09. The summed E-state index contributed by atoms with van der Waals surface area (Å²) >= 11 is 0. The second kappa shape index (κ2) is 6.44. The maximum Gasteiger partial charge on any atom is 0.0468 e. The van der Waals surface area contributed by atoms with Gasteiger partial charge in [0.2, 0.25) is 0 Å². The summed E-state index contributed by atoms with van der Waals surface area (Å²) in [6.45, 7) is 8.27. The Hall–Kier alpha value is -1.15. The largest absolute Gasteiger partial charge is 0.396 e. The maximum absolute atomic E-state index is 9.49. The summed E-state index contributed by atoms with van der Waals surface area (Å²) in [7, 11) is 0. The predicted molar refractivity (Wildman–Crippen MR) is 67.2 cm³/mol. The molecule has 0 aromatic carbocycles. The van der Waals surface area contributed by atoms with E-state index in [4.69, 9.17) is 0 Å². The number of nitrogens with zero attached hydrogens (tertiary/aromatic N) is 1. The first-order valence-electron chi connectivity index (χ1n) is 5.83. The maximum atomic E-state index is 9.49. The summed E-state index contributed by atoms with van der Waals surface area (Å²) < 4.78 is 0. The first-order chi connectivity index (χ1) is 7.70. The molecule has 0 fully saturated rings. The molecule has 1 rings (SSSR count). The molecule has 0 radical (unpaired) electrons. The number of pyridine rings is 1. The average Bonchev–Trinajstić information content (AvgIpc) is 2.29. The van der Waals surface area contributed by atoms with Gasteiger partial charge in [0.05, 0.1) is 0 Å². The van der Waals surface area contributed by atoms with E-state index >= 15 is 0 Å². The summed E-state index contributed by atoms with van der Waals surface area (Å²) in [4.78, 5) is 4.39. The highest BCUT2D eigenvalue weighted by Gasteiger charge is 2.25. The topological polar surface area (TPSA) is 33.1 Å². The van der Waals surface area contributed by atoms with Crippen LogP contribution in [0.25, 0.3) is 0 Å². The molecule has 1 N–H and O–H groups in total. The molecule has 0 aliphatic rings. The minimum atomic E-state index is 0.201. The van der Waals surface area contributed by atoms with Crippen LogP contribution in [0, 0.1) is 11.8 Å². The standard InChI is InChI=1S/C14H21NO/c1-4-7-12(13(10-16)11(2)3)14-8-5-6-9-15-14/h4-6,8-9,11-13,16H,1,7,10H2,2-3H3/t12-,13-/m0/s1. The van der Waals surface area contributed by atoms with Crippen molar-refractivity contribution in [3.63, 3.8) is 0 Å². The Morgan fingerprint density at radius 2 is 2.19 bits per heavy atom. The lowest BCUT2D eigenvalue weighted by molar-refractivity contribution is 0.163. The number of rotatable bonds is 6. The summed E-state index contributed by atoms with van der Waals surface area (Å²) in [5.41, 5.74) is 1.05. The van der Waals surface area contributed by atoms with E-state index in [1.165, 1.54) is 0 Å². The van der Waals surface area contributed by atoms with Crippen molar-refractivity contribution in [1.82, 2.24) is 4.98 Å². The van der Waals surface area contributed by atoms with Crippen molar-refractivity contribution in [3.05, 3.63) is 42.7 Å². The number of aliphatic hydroxyl groups is 1. The van der Waals surface area contributed by atoms with Gasteiger partial charge in [-0.2, -0.15) is 0 Å². The molecule has 0 aliphatic carbocycles. The van der Waals surface area contributed by atoms with Crippen LogP contribution in [0.3, 0.4) is 0 Å². The van der Waals surface area contributed by atoms with Gasteiger partial charge in [-0.3, -0.25) is 4.98 Å². The van der Waals surface area contributed by atoms with Gasteiger partial charge < -0.3 is 5.11 Å². The monoisotopic (exact) mass is 219 g/mol. The third-order valence-corrected chi connectivity index (χ3v) is 3.07. The van der Waals surface area contributed by atoms with E-state index < -0.39 is 0 Å². The van der Waals surface area contributed by atoms with Crippen LogP contribution in [0.4, 0.5) is 0 Å². The first kappa shape index (κ1) is 12.9. The lowest BCUT2D eigenvalue weighted by atomic mass is 9.80. The van der Waals surface area contributed by atoms with Gasteiger partial charge in [0.15, 0.2) is 0 Å². The minimum absolute atomic E-state index is 0.201. The zero-order valence-corrected chi connectivity index (χ0v) is 10.1. The highest BCUT2D eigenvalue weighted by molar-refractivity contribution is 5.12. The van der Waals surface area contributed by atoms with Gasteiger partial charge in [-0.25, -0.2) is 0 Å². The highest BCUT2D eigenvalue weighted by Crippen LogP contribution is 2.31. The average molecular weight is 219 g/mol. The van der Waals surface area contributed by atoms with Gasteiger partial charge in [0.25, 0.3) is 0 Å². The van der Waals surface area contributed by atoms with Crippen LogP contribution in [-0.2, 0) is 0 Å². The zero-order valence-electron chi connectivity index (χ0n) is 10.1. The number of aliphatic hydroxyl groups excluding tert-OH is 1. The molecule has 88 valence electrons. The van der Waals surface area contributed by atoms with Crippen LogP contribution >= 0.6 is 0 Å². The van der Waals surface area contributed by atoms with Crippen LogP contribution in [-0.4, -0.2) is 16.7 Å². The third-order valence-electron chi connectivity index (χ3n) is 3.07. The Labute approximate surface area is 98.0 Å². The lowest BCUT2D eigenvalue weighted by Gasteiger charge is -2.27. The molecule has 0 bridgehead atoms. The van der Waals surface area contributed by atoms with E-state index in [9.17, 15) is 5.11 Å². The third kappa shape index (κ3) is 3.17. The molecule has 16 heavy (non-hydrogen) atoms. The Morgan fingerprint density at radius 3 is 2.62 bits per heavy atom. The first-order valence-corrected chi connectivity index (χ1v) is 5.83. The number of aromatic nitrogens is 1. The lowest BCUT2D eigenvalue weighted by Crippen LogP contribution is -2.22. The fraction of sp³-hybridized carbons (Fsp3) is 0.500.